The molecule has 0 aliphatic carbocycles. The van der Waals surface area contributed by atoms with Crippen molar-refractivity contribution in [2.45, 2.75) is 33.6 Å². The lowest BCUT2D eigenvalue weighted by Crippen LogP contribution is -2.14. The first-order chi connectivity index (χ1) is 9.60. The Morgan fingerprint density at radius 1 is 1.50 bits per heavy atom. The molecule has 108 valence electrons. The van der Waals surface area contributed by atoms with Crippen molar-refractivity contribution in [3.63, 3.8) is 0 Å². The molecule has 0 aromatic carbocycles. The van der Waals surface area contributed by atoms with E-state index >= 15 is 0 Å². The molecule has 0 aliphatic heterocycles. The van der Waals surface area contributed by atoms with Crippen LogP contribution in [0.25, 0.3) is 0 Å². The van der Waals surface area contributed by atoms with Gasteiger partial charge in [-0.25, -0.2) is 9.67 Å². The summed E-state index contributed by atoms with van der Waals surface area (Å²) in [6.07, 6.45) is 2.65. The van der Waals surface area contributed by atoms with E-state index in [1.807, 2.05) is 0 Å². The van der Waals surface area contributed by atoms with Gasteiger partial charge in [-0.15, -0.1) is 0 Å². The molecule has 0 saturated heterocycles. The summed E-state index contributed by atoms with van der Waals surface area (Å²) >= 11 is 0. The van der Waals surface area contributed by atoms with Gasteiger partial charge in [-0.05, 0) is 5.92 Å². The second kappa shape index (κ2) is 6.33. The Kier molecular flexibility index (Phi) is 4.52. The average Bonchev–Trinajstić information content (AvgIpc) is 2.83. The van der Waals surface area contributed by atoms with Crippen LogP contribution in [0.1, 0.15) is 25.4 Å². The molecular weight excluding hydrogens is 262 g/mol. The highest BCUT2D eigenvalue weighted by atomic mass is 16.5. The van der Waals surface area contributed by atoms with Gasteiger partial charge in [0.25, 0.3) is 0 Å². The van der Waals surface area contributed by atoms with Crippen LogP contribution in [-0.2, 0) is 19.8 Å². The van der Waals surface area contributed by atoms with Crippen molar-refractivity contribution >= 4 is 0 Å². The summed E-state index contributed by atoms with van der Waals surface area (Å²) in [6, 6.07) is 1.20. The Hall–Kier alpha value is -2.15. The van der Waals surface area contributed by atoms with E-state index in [1.54, 1.807) is 4.68 Å². The molecule has 0 saturated carbocycles. The first kappa shape index (κ1) is 14.3. The first-order valence-electron chi connectivity index (χ1n) is 6.32. The maximum Gasteiger partial charge on any atom is 0.227 e. The van der Waals surface area contributed by atoms with Gasteiger partial charge in [0.15, 0.2) is 5.82 Å². The number of aliphatic hydroxyl groups excluding tert-OH is 1. The van der Waals surface area contributed by atoms with Crippen molar-refractivity contribution in [3.8, 4) is 5.75 Å². The molecule has 0 unspecified atom stereocenters. The highest BCUT2D eigenvalue weighted by Crippen LogP contribution is 2.09. The van der Waals surface area contributed by atoms with E-state index in [9.17, 15) is 4.79 Å². The normalized spacial score (nSPS) is 11.0. The van der Waals surface area contributed by atoms with Gasteiger partial charge >= 0.3 is 0 Å². The molecule has 0 bridgehead atoms. The van der Waals surface area contributed by atoms with E-state index in [4.69, 9.17) is 14.3 Å². The molecule has 0 fully saturated rings. The van der Waals surface area contributed by atoms with Gasteiger partial charge in [-0.2, -0.15) is 5.10 Å². The summed E-state index contributed by atoms with van der Waals surface area (Å²) in [5.41, 5.74) is -0.338. The Morgan fingerprint density at radius 2 is 2.30 bits per heavy atom. The number of aliphatic hydroxyl groups is 1. The summed E-state index contributed by atoms with van der Waals surface area (Å²) in [7, 11) is 0. The molecule has 7 heteroatoms. The molecule has 1 N–H and O–H groups in total. The maximum absolute atomic E-state index is 11.7. The lowest BCUT2D eigenvalue weighted by Gasteiger charge is -2.09. The van der Waals surface area contributed by atoms with E-state index in [2.05, 4.69) is 23.9 Å². The van der Waals surface area contributed by atoms with E-state index in [1.165, 1.54) is 18.7 Å². The highest BCUT2D eigenvalue weighted by molar-refractivity contribution is 5.17. The number of hydrogen-bond acceptors (Lipinski definition) is 6. The number of nitrogens with zero attached hydrogens (tertiary/aromatic N) is 3. The zero-order valence-electron chi connectivity index (χ0n) is 11.4. The number of ether oxygens (including phenoxy) is 1. The van der Waals surface area contributed by atoms with Crippen molar-refractivity contribution in [3.05, 3.63) is 40.5 Å². The largest absolute Gasteiger partial charge is 0.478 e. The maximum atomic E-state index is 11.7. The van der Waals surface area contributed by atoms with E-state index < -0.39 is 0 Å². The molecule has 0 amide bonds. The second-order valence-electron chi connectivity index (χ2n) is 4.77. The van der Waals surface area contributed by atoms with Crippen LogP contribution in [-0.4, -0.2) is 19.9 Å². The van der Waals surface area contributed by atoms with E-state index in [0.717, 1.165) is 6.54 Å². The van der Waals surface area contributed by atoms with Crippen molar-refractivity contribution < 1.29 is 14.3 Å². The van der Waals surface area contributed by atoms with Gasteiger partial charge in [0, 0.05) is 12.6 Å². The lowest BCUT2D eigenvalue weighted by atomic mass is 10.2. The Morgan fingerprint density at radius 3 is 2.95 bits per heavy atom. The predicted molar refractivity (Wildman–Crippen MR) is 70.1 cm³/mol. The Balaban J connectivity index is 2.05. The quantitative estimate of drug-likeness (QED) is 0.847. The third-order valence-electron chi connectivity index (χ3n) is 2.60. The van der Waals surface area contributed by atoms with Crippen molar-refractivity contribution in [1.29, 1.82) is 0 Å². The minimum atomic E-state index is -0.338. The number of aromatic nitrogens is 3. The minimum Gasteiger partial charge on any atom is -0.478 e. The molecule has 7 nitrogen and oxygen atoms in total. The molecular formula is C13H17N3O4. The fourth-order valence-electron chi connectivity index (χ4n) is 1.67. The van der Waals surface area contributed by atoms with Gasteiger partial charge in [-0.1, -0.05) is 13.8 Å². The third-order valence-corrected chi connectivity index (χ3v) is 2.60. The molecule has 2 rings (SSSR count). The number of rotatable bonds is 6. The molecule has 0 aliphatic rings. The fourth-order valence-corrected chi connectivity index (χ4v) is 1.67. The number of hydrogen-bond donors (Lipinski definition) is 1. The van der Waals surface area contributed by atoms with E-state index in [-0.39, 0.29) is 30.2 Å². The zero-order valence-corrected chi connectivity index (χ0v) is 11.4. The molecule has 0 atom stereocenters. The van der Waals surface area contributed by atoms with Crippen LogP contribution in [0.2, 0.25) is 0 Å². The van der Waals surface area contributed by atoms with E-state index in [0.29, 0.717) is 11.7 Å². The first-order valence-corrected chi connectivity index (χ1v) is 6.32. The monoisotopic (exact) mass is 279 g/mol. The lowest BCUT2D eigenvalue weighted by molar-refractivity contribution is 0.233. The average molecular weight is 279 g/mol. The van der Waals surface area contributed by atoms with Gasteiger partial charge in [0.05, 0.1) is 0 Å². The van der Waals surface area contributed by atoms with Crippen molar-refractivity contribution in [1.82, 2.24) is 14.8 Å². The van der Waals surface area contributed by atoms with Crippen LogP contribution in [0.3, 0.4) is 0 Å². The van der Waals surface area contributed by atoms with Crippen LogP contribution in [0.4, 0.5) is 0 Å². The van der Waals surface area contributed by atoms with Gasteiger partial charge in [-0.3, -0.25) is 4.79 Å². The fraction of sp³-hybridized carbons (Fsp3) is 0.462. The summed E-state index contributed by atoms with van der Waals surface area (Å²) in [5.74, 6) is 1.36. The standard InChI is InChI=1S/C13H17N3O4/c1-9(2)4-16-13(14-8-15-16)7-20-12-6-19-10(5-17)3-11(12)18/h3,6,8-9,17H,4-5,7H2,1-2H3. The summed E-state index contributed by atoms with van der Waals surface area (Å²) in [4.78, 5) is 15.8. The highest BCUT2D eigenvalue weighted by Gasteiger charge is 2.09. The van der Waals surface area contributed by atoms with Crippen LogP contribution in [0.15, 0.2) is 27.9 Å². The van der Waals surface area contributed by atoms with Crippen LogP contribution in [0.5, 0.6) is 5.75 Å². The van der Waals surface area contributed by atoms with Gasteiger partial charge in [0.1, 0.15) is 31.6 Å². The van der Waals surface area contributed by atoms with Crippen LogP contribution < -0.4 is 10.2 Å². The summed E-state index contributed by atoms with van der Waals surface area (Å²) in [6.45, 7) is 4.70. The molecule has 0 radical (unpaired) electrons. The predicted octanol–water partition coefficient (Wildman–Crippen LogP) is 0.959. The zero-order chi connectivity index (χ0) is 14.5. The van der Waals surface area contributed by atoms with Crippen molar-refractivity contribution in [2.24, 2.45) is 5.92 Å². The molecule has 0 spiro atoms. The minimum absolute atomic E-state index is 0.0845. The summed E-state index contributed by atoms with van der Waals surface area (Å²) < 4.78 is 12.2. The van der Waals surface area contributed by atoms with Crippen LogP contribution in [0, 0.1) is 5.92 Å². The molecule has 2 aromatic heterocycles. The Labute approximate surface area is 115 Å². The summed E-state index contributed by atoms with van der Waals surface area (Å²) in [5, 5.41) is 13.0. The molecule has 2 heterocycles. The second-order valence-corrected chi connectivity index (χ2v) is 4.77. The van der Waals surface area contributed by atoms with Gasteiger partial charge in [0.2, 0.25) is 11.2 Å². The Bertz CT molecular complexity index is 618. The van der Waals surface area contributed by atoms with Crippen molar-refractivity contribution in [2.75, 3.05) is 0 Å². The smallest absolute Gasteiger partial charge is 0.227 e. The van der Waals surface area contributed by atoms with Crippen LogP contribution >= 0.6 is 0 Å². The SMILES string of the molecule is CC(C)Cn1ncnc1COc1coc(CO)cc1=O. The molecule has 2 aromatic rings. The topological polar surface area (TPSA) is 90.4 Å². The molecule has 20 heavy (non-hydrogen) atoms. The third kappa shape index (κ3) is 3.45. The van der Waals surface area contributed by atoms with Gasteiger partial charge < -0.3 is 14.3 Å².